The Morgan fingerprint density at radius 1 is 1.20 bits per heavy atom. The molecule has 7 heteroatoms. The first-order chi connectivity index (χ1) is 16.8. The normalized spacial score (nSPS) is 11.1. The van der Waals surface area contributed by atoms with Crippen LogP contribution < -0.4 is 14.8 Å². The lowest BCUT2D eigenvalue weighted by Crippen LogP contribution is -2.46. The second-order valence-corrected chi connectivity index (χ2v) is 8.78. The second kappa shape index (κ2) is 11.6. The molecule has 0 bridgehead atoms. The quantitative estimate of drug-likeness (QED) is 0.308. The number of methoxy groups -OCH3 is 1. The number of ether oxygens (including phenoxy) is 2. The van der Waals surface area contributed by atoms with Gasteiger partial charge in [0.25, 0.3) is 5.91 Å². The predicted molar refractivity (Wildman–Crippen MR) is 139 cm³/mol. The number of aromatic nitrogens is 1. The molecule has 0 aliphatic heterocycles. The SMILES string of the molecule is C#Cc1cccc(Nc2ccnc3cc(OC)c(OCCCN(CCC)C(=O)C(C)(C)O)cc23)c1. The molecular formula is C28H33N3O4. The molecule has 2 N–H and O–H groups in total. The molecule has 0 aliphatic carbocycles. The number of fused-ring (bicyclic) bond motifs is 1. The van der Waals surface area contributed by atoms with Crippen molar-refractivity contribution in [3.63, 3.8) is 0 Å². The Balaban J connectivity index is 1.77. The maximum Gasteiger partial charge on any atom is 0.253 e. The molecule has 0 atom stereocenters. The highest BCUT2D eigenvalue weighted by atomic mass is 16.5. The lowest BCUT2D eigenvalue weighted by atomic mass is 10.1. The van der Waals surface area contributed by atoms with E-state index in [9.17, 15) is 9.90 Å². The third kappa shape index (κ3) is 6.65. The fourth-order valence-electron chi connectivity index (χ4n) is 3.79. The zero-order valence-electron chi connectivity index (χ0n) is 20.8. The largest absolute Gasteiger partial charge is 0.493 e. The average Bonchev–Trinajstić information content (AvgIpc) is 2.84. The van der Waals surface area contributed by atoms with Gasteiger partial charge in [-0.15, -0.1) is 6.42 Å². The summed E-state index contributed by atoms with van der Waals surface area (Å²) in [6, 6.07) is 13.3. The molecule has 3 aromatic rings. The number of anilines is 2. The molecule has 3 rings (SSSR count). The number of nitrogens with zero attached hydrogens (tertiary/aromatic N) is 2. The molecule has 2 aromatic carbocycles. The van der Waals surface area contributed by atoms with Gasteiger partial charge in [0.2, 0.25) is 0 Å². The summed E-state index contributed by atoms with van der Waals surface area (Å²) >= 11 is 0. The van der Waals surface area contributed by atoms with Crippen LogP contribution in [0.15, 0.2) is 48.7 Å². The van der Waals surface area contributed by atoms with Crippen LogP contribution in [0.1, 0.15) is 39.2 Å². The van der Waals surface area contributed by atoms with Gasteiger partial charge in [-0.3, -0.25) is 9.78 Å². The van der Waals surface area contributed by atoms with Gasteiger partial charge in [0.15, 0.2) is 11.5 Å². The fourth-order valence-corrected chi connectivity index (χ4v) is 3.79. The number of terminal acetylenes is 1. The van der Waals surface area contributed by atoms with Gasteiger partial charge < -0.3 is 24.8 Å². The molecule has 1 heterocycles. The summed E-state index contributed by atoms with van der Waals surface area (Å²) in [5.41, 5.74) is 1.89. The molecule has 0 spiro atoms. The number of rotatable bonds is 11. The predicted octanol–water partition coefficient (Wildman–Crippen LogP) is 4.75. The lowest BCUT2D eigenvalue weighted by molar-refractivity contribution is -0.148. The van der Waals surface area contributed by atoms with Crippen LogP contribution in [0.25, 0.3) is 10.9 Å². The molecule has 184 valence electrons. The second-order valence-electron chi connectivity index (χ2n) is 8.78. The minimum Gasteiger partial charge on any atom is -0.493 e. The number of nitrogens with one attached hydrogen (secondary N) is 1. The number of pyridine rings is 1. The van der Waals surface area contributed by atoms with E-state index in [1.54, 1.807) is 18.2 Å². The van der Waals surface area contributed by atoms with Crippen molar-refractivity contribution in [3.05, 3.63) is 54.2 Å². The van der Waals surface area contributed by atoms with Crippen LogP contribution in [0.5, 0.6) is 11.5 Å². The van der Waals surface area contributed by atoms with Crippen molar-refractivity contribution < 1.29 is 19.4 Å². The van der Waals surface area contributed by atoms with Crippen LogP contribution in [0.2, 0.25) is 0 Å². The van der Waals surface area contributed by atoms with Crippen molar-refractivity contribution in [2.24, 2.45) is 0 Å². The Morgan fingerprint density at radius 2 is 2.00 bits per heavy atom. The van der Waals surface area contributed by atoms with Crippen LogP contribution in [-0.2, 0) is 4.79 Å². The molecule has 1 amide bonds. The molecular weight excluding hydrogens is 442 g/mol. The number of carbonyl (C=O) groups excluding carboxylic acids is 1. The highest BCUT2D eigenvalue weighted by Crippen LogP contribution is 2.35. The van der Waals surface area contributed by atoms with Gasteiger partial charge in [-0.05, 0) is 57.0 Å². The Kier molecular flexibility index (Phi) is 8.56. The third-order valence-electron chi connectivity index (χ3n) is 5.47. The first kappa shape index (κ1) is 25.9. The van der Waals surface area contributed by atoms with E-state index >= 15 is 0 Å². The Labute approximate surface area is 207 Å². The first-order valence-corrected chi connectivity index (χ1v) is 11.7. The van der Waals surface area contributed by atoms with E-state index in [-0.39, 0.29) is 5.91 Å². The van der Waals surface area contributed by atoms with Gasteiger partial charge in [0.05, 0.1) is 19.2 Å². The summed E-state index contributed by atoms with van der Waals surface area (Å²) in [7, 11) is 1.59. The van der Waals surface area contributed by atoms with E-state index < -0.39 is 5.60 Å². The van der Waals surface area contributed by atoms with Gasteiger partial charge in [0, 0.05) is 47.7 Å². The Bertz CT molecular complexity index is 1210. The van der Waals surface area contributed by atoms with Crippen molar-refractivity contribution in [2.75, 3.05) is 32.1 Å². The summed E-state index contributed by atoms with van der Waals surface area (Å²) in [6.45, 7) is 6.49. The minimum atomic E-state index is -1.40. The standard InChI is InChI=1S/C28H33N3O4/c1-6-14-31(27(32)28(3,4)33)15-9-16-35-26-18-22-23(12-13-29-24(22)19-25(26)34-5)30-21-11-8-10-20(7-2)17-21/h2,8,10-13,17-19,33H,6,9,14-16H2,1,3-5H3,(H,29,30). The van der Waals surface area contributed by atoms with Gasteiger partial charge in [0.1, 0.15) is 5.60 Å². The van der Waals surface area contributed by atoms with E-state index in [0.717, 1.165) is 34.3 Å². The maximum atomic E-state index is 12.5. The zero-order chi connectivity index (χ0) is 25.4. The summed E-state index contributed by atoms with van der Waals surface area (Å²) in [6.07, 6.45) is 8.69. The highest BCUT2D eigenvalue weighted by Gasteiger charge is 2.28. The summed E-state index contributed by atoms with van der Waals surface area (Å²) in [4.78, 5) is 18.6. The van der Waals surface area contributed by atoms with E-state index in [2.05, 4.69) is 16.2 Å². The number of hydrogen-bond acceptors (Lipinski definition) is 6. The molecule has 0 aliphatic rings. The van der Waals surface area contributed by atoms with Gasteiger partial charge in [-0.2, -0.15) is 0 Å². The van der Waals surface area contributed by atoms with E-state index in [1.807, 2.05) is 49.4 Å². The topological polar surface area (TPSA) is 83.9 Å². The maximum absolute atomic E-state index is 12.5. The van der Waals surface area contributed by atoms with Crippen molar-refractivity contribution in [2.45, 2.75) is 39.2 Å². The van der Waals surface area contributed by atoms with E-state index in [0.29, 0.717) is 37.6 Å². The number of amides is 1. The van der Waals surface area contributed by atoms with E-state index in [4.69, 9.17) is 15.9 Å². The monoisotopic (exact) mass is 475 g/mol. The summed E-state index contributed by atoms with van der Waals surface area (Å²) in [5.74, 6) is 3.53. The van der Waals surface area contributed by atoms with Crippen LogP contribution in [0.4, 0.5) is 11.4 Å². The van der Waals surface area contributed by atoms with Crippen LogP contribution in [0, 0.1) is 12.3 Å². The highest BCUT2D eigenvalue weighted by molar-refractivity contribution is 5.95. The third-order valence-corrected chi connectivity index (χ3v) is 5.47. The van der Waals surface area contributed by atoms with Crippen LogP contribution >= 0.6 is 0 Å². The molecule has 0 radical (unpaired) electrons. The van der Waals surface area contributed by atoms with Crippen molar-refractivity contribution in [1.82, 2.24) is 9.88 Å². The minimum absolute atomic E-state index is 0.279. The molecule has 1 aromatic heterocycles. The Morgan fingerprint density at radius 3 is 2.69 bits per heavy atom. The fraction of sp³-hybridized carbons (Fsp3) is 0.357. The van der Waals surface area contributed by atoms with Crippen LogP contribution in [-0.4, -0.2) is 53.3 Å². The molecule has 35 heavy (non-hydrogen) atoms. The molecule has 7 nitrogen and oxygen atoms in total. The van der Waals surface area contributed by atoms with Crippen molar-refractivity contribution >= 4 is 28.2 Å². The van der Waals surface area contributed by atoms with Gasteiger partial charge >= 0.3 is 0 Å². The van der Waals surface area contributed by atoms with E-state index in [1.165, 1.54) is 13.8 Å². The molecule has 0 unspecified atom stereocenters. The molecule has 0 saturated heterocycles. The Hall–Kier alpha value is -3.76. The van der Waals surface area contributed by atoms with Crippen LogP contribution in [0.3, 0.4) is 0 Å². The summed E-state index contributed by atoms with van der Waals surface area (Å²) < 4.78 is 11.6. The average molecular weight is 476 g/mol. The zero-order valence-corrected chi connectivity index (χ0v) is 20.8. The first-order valence-electron chi connectivity index (χ1n) is 11.7. The molecule has 0 fully saturated rings. The van der Waals surface area contributed by atoms with Gasteiger partial charge in [-0.25, -0.2) is 0 Å². The molecule has 0 saturated carbocycles. The van der Waals surface area contributed by atoms with Crippen molar-refractivity contribution in [1.29, 1.82) is 0 Å². The smallest absolute Gasteiger partial charge is 0.253 e. The number of carbonyl (C=O) groups is 1. The number of benzene rings is 2. The van der Waals surface area contributed by atoms with Gasteiger partial charge in [-0.1, -0.05) is 18.9 Å². The summed E-state index contributed by atoms with van der Waals surface area (Å²) in [5, 5.41) is 14.4. The number of hydrogen-bond donors (Lipinski definition) is 2. The lowest BCUT2D eigenvalue weighted by Gasteiger charge is -2.28. The van der Waals surface area contributed by atoms with Crippen molar-refractivity contribution in [3.8, 4) is 23.8 Å². The number of aliphatic hydroxyl groups is 1.